The second-order valence-corrected chi connectivity index (χ2v) is 8.63. The molecule has 34 heavy (non-hydrogen) atoms. The molecule has 1 N–H and O–H groups in total. The number of ether oxygens (including phenoxy) is 1. The van der Waals surface area contributed by atoms with Crippen LogP contribution in [0.5, 0.6) is 0 Å². The van der Waals surface area contributed by atoms with Crippen molar-refractivity contribution >= 4 is 23.4 Å². The lowest BCUT2D eigenvalue weighted by Gasteiger charge is -2.31. The van der Waals surface area contributed by atoms with Crippen LogP contribution in [0.2, 0.25) is 0 Å². The average molecular weight is 485 g/mol. The van der Waals surface area contributed by atoms with Gasteiger partial charge in [0.25, 0.3) is 5.91 Å². The average Bonchev–Trinajstić information content (AvgIpc) is 3.10. The number of alkyl halides is 5. The summed E-state index contributed by atoms with van der Waals surface area (Å²) in [5.74, 6) is -4.61. The molecule has 1 amide bonds. The van der Waals surface area contributed by atoms with E-state index < -0.39 is 17.7 Å². The number of aromatic nitrogens is 2. The lowest BCUT2D eigenvalue weighted by Crippen LogP contribution is -2.42. The van der Waals surface area contributed by atoms with Gasteiger partial charge in [-0.1, -0.05) is 12.1 Å². The minimum Gasteiger partial charge on any atom is -0.375 e. The molecule has 4 rings (SSSR count). The third kappa shape index (κ3) is 4.38. The van der Waals surface area contributed by atoms with Gasteiger partial charge in [0.05, 0.1) is 19.3 Å². The van der Waals surface area contributed by atoms with Gasteiger partial charge in [0.2, 0.25) is 5.95 Å². The summed E-state index contributed by atoms with van der Waals surface area (Å²) in [6.07, 6.45) is -5.76. The fourth-order valence-electron chi connectivity index (χ4n) is 3.90. The van der Waals surface area contributed by atoms with Gasteiger partial charge in [-0.3, -0.25) is 4.79 Å². The second-order valence-electron chi connectivity index (χ2n) is 8.63. The number of carbonyl (C=O) groups is 1. The largest absolute Gasteiger partial charge is 0.458 e. The second kappa shape index (κ2) is 8.64. The first kappa shape index (κ1) is 24.1. The van der Waals surface area contributed by atoms with E-state index in [9.17, 15) is 26.7 Å². The monoisotopic (exact) mass is 485 g/mol. The standard InChI is InChI=1S/C22H24F5N5O2/c1-12(2)32-11-16-17(19(32)33)29-20(31-8-9-34-13(3)10-31)30-18(16)28-15-6-4-14(5-7-15)21(23,24)22(25,26)27/h4-7,12-13H,8-11H2,1-3H3,(H,28,29,30)/t13-/m1/s1. The summed E-state index contributed by atoms with van der Waals surface area (Å²) < 4.78 is 70.8. The third-order valence-electron chi connectivity index (χ3n) is 5.80. The van der Waals surface area contributed by atoms with Crippen molar-refractivity contribution < 1.29 is 31.5 Å². The maximum atomic E-state index is 13.6. The molecule has 0 radical (unpaired) electrons. The highest BCUT2D eigenvalue weighted by Gasteiger charge is 2.58. The lowest BCUT2D eigenvalue weighted by molar-refractivity contribution is -0.289. The first-order valence-electron chi connectivity index (χ1n) is 10.8. The minimum absolute atomic E-state index is 0.0623. The van der Waals surface area contributed by atoms with Gasteiger partial charge in [0.1, 0.15) is 11.5 Å². The van der Waals surface area contributed by atoms with Gasteiger partial charge in [0.15, 0.2) is 0 Å². The lowest BCUT2D eigenvalue weighted by atomic mass is 10.1. The predicted octanol–water partition coefficient (Wildman–Crippen LogP) is 4.46. The van der Waals surface area contributed by atoms with Crippen LogP contribution in [-0.4, -0.2) is 58.8 Å². The Labute approximate surface area is 192 Å². The number of benzene rings is 1. The molecule has 1 saturated heterocycles. The molecule has 2 aliphatic heterocycles. The van der Waals surface area contributed by atoms with Gasteiger partial charge in [0, 0.05) is 35.9 Å². The van der Waals surface area contributed by atoms with E-state index in [-0.39, 0.29) is 36.0 Å². The molecule has 184 valence electrons. The Hall–Kier alpha value is -3.02. The molecule has 1 aromatic carbocycles. The van der Waals surface area contributed by atoms with Gasteiger partial charge >= 0.3 is 12.1 Å². The Balaban J connectivity index is 1.69. The van der Waals surface area contributed by atoms with Crippen molar-refractivity contribution in [3.8, 4) is 0 Å². The molecule has 0 bridgehead atoms. The molecule has 7 nitrogen and oxygen atoms in total. The zero-order valence-electron chi connectivity index (χ0n) is 18.8. The first-order valence-corrected chi connectivity index (χ1v) is 10.8. The third-order valence-corrected chi connectivity index (χ3v) is 5.80. The molecular formula is C22H24F5N5O2. The van der Waals surface area contributed by atoms with Crippen LogP contribution in [0.25, 0.3) is 0 Å². The summed E-state index contributed by atoms with van der Waals surface area (Å²) in [4.78, 5) is 25.6. The molecule has 1 atom stereocenters. The fourth-order valence-corrected chi connectivity index (χ4v) is 3.90. The summed E-state index contributed by atoms with van der Waals surface area (Å²) in [5, 5.41) is 2.98. The van der Waals surface area contributed by atoms with Crippen molar-refractivity contribution in [3.05, 3.63) is 41.1 Å². The predicted molar refractivity (Wildman–Crippen MR) is 114 cm³/mol. The molecule has 3 heterocycles. The maximum absolute atomic E-state index is 13.6. The Morgan fingerprint density at radius 1 is 1.12 bits per heavy atom. The van der Waals surface area contributed by atoms with Crippen molar-refractivity contribution in [1.29, 1.82) is 0 Å². The normalized spacial score (nSPS) is 19.1. The fraction of sp³-hybridized carbons (Fsp3) is 0.500. The van der Waals surface area contributed by atoms with Crippen LogP contribution in [0, 0.1) is 0 Å². The Kier molecular flexibility index (Phi) is 6.13. The highest BCUT2D eigenvalue weighted by molar-refractivity contribution is 5.98. The molecule has 2 aromatic rings. The molecule has 0 unspecified atom stereocenters. The number of nitrogens with zero attached hydrogens (tertiary/aromatic N) is 4. The van der Waals surface area contributed by atoms with Crippen LogP contribution in [0.1, 0.15) is 42.4 Å². The van der Waals surface area contributed by atoms with Gasteiger partial charge in [-0.05, 0) is 32.9 Å². The van der Waals surface area contributed by atoms with Crippen LogP contribution in [0.15, 0.2) is 24.3 Å². The number of carbonyl (C=O) groups excluding carboxylic acids is 1. The molecule has 1 fully saturated rings. The molecule has 2 aliphatic rings. The first-order chi connectivity index (χ1) is 15.9. The summed E-state index contributed by atoms with van der Waals surface area (Å²) in [5.41, 5.74) is -0.143. The summed E-state index contributed by atoms with van der Waals surface area (Å²) in [6, 6.07) is 3.58. The van der Waals surface area contributed by atoms with E-state index in [0.29, 0.717) is 49.2 Å². The molecule has 0 saturated carbocycles. The number of hydrogen-bond donors (Lipinski definition) is 1. The number of amides is 1. The number of halogens is 5. The van der Waals surface area contributed by atoms with Crippen molar-refractivity contribution in [1.82, 2.24) is 14.9 Å². The van der Waals surface area contributed by atoms with Gasteiger partial charge in [-0.25, -0.2) is 4.98 Å². The summed E-state index contributed by atoms with van der Waals surface area (Å²) in [7, 11) is 0. The van der Waals surface area contributed by atoms with E-state index in [4.69, 9.17) is 4.74 Å². The van der Waals surface area contributed by atoms with E-state index >= 15 is 0 Å². The molecule has 12 heteroatoms. The van der Waals surface area contributed by atoms with E-state index in [2.05, 4.69) is 15.3 Å². The number of hydrogen-bond acceptors (Lipinski definition) is 6. The van der Waals surface area contributed by atoms with Crippen molar-refractivity contribution in [2.45, 2.75) is 51.6 Å². The number of morpholine rings is 1. The minimum atomic E-state index is -5.69. The van der Waals surface area contributed by atoms with Crippen LogP contribution >= 0.6 is 0 Å². The van der Waals surface area contributed by atoms with E-state index in [0.717, 1.165) is 12.1 Å². The molecule has 0 aliphatic carbocycles. The number of anilines is 3. The smallest absolute Gasteiger partial charge is 0.375 e. The molecular weight excluding hydrogens is 461 g/mol. The number of nitrogens with one attached hydrogen (secondary N) is 1. The molecule has 1 aromatic heterocycles. The van der Waals surface area contributed by atoms with Gasteiger partial charge in [-0.2, -0.15) is 26.9 Å². The van der Waals surface area contributed by atoms with Crippen LogP contribution in [-0.2, 0) is 17.2 Å². The van der Waals surface area contributed by atoms with Gasteiger partial charge in [-0.15, -0.1) is 0 Å². The van der Waals surface area contributed by atoms with Crippen molar-refractivity contribution in [2.24, 2.45) is 0 Å². The van der Waals surface area contributed by atoms with Crippen LogP contribution < -0.4 is 10.2 Å². The van der Waals surface area contributed by atoms with E-state index in [1.54, 1.807) is 4.90 Å². The van der Waals surface area contributed by atoms with Gasteiger partial charge < -0.3 is 19.9 Å². The van der Waals surface area contributed by atoms with Crippen molar-refractivity contribution in [2.75, 3.05) is 29.9 Å². The highest BCUT2D eigenvalue weighted by atomic mass is 19.4. The van der Waals surface area contributed by atoms with Crippen LogP contribution in [0.3, 0.4) is 0 Å². The zero-order valence-corrected chi connectivity index (χ0v) is 18.8. The SMILES string of the molecule is CC(C)N1Cc2c(Nc3ccc(C(F)(F)C(F)(F)F)cc3)nc(N3CCO[C@H](C)C3)nc2C1=O. The Morgan fingerprint density at radius 2 is 1.79 bits per heavy atom. The zero-order chi connectivity index (χ0) is 24.8. The number of rotatable bonds is 5. The maximum Gasteiger partial charge on any atom is 0.458 e. The quantitative estimate of drug-likeness (QED) is 0.631. The number of fused-ring (bicyclic) bond motifs is 1. The topological polar surface area (TPSA) is 70.6 Å². The highest BCUT2D eigenvalue weighted by Crippen LogP contribution is 2.44. The van der Waals surface area contributed by atoms with E-state index in [1.165, 1.54) is 0 Å². The van der Waals surface area contributed by atoms with Crippen molar-refractivity contribution in [3.63, 3.8) is 0 Å². The summed E-state index contributed by atoms with van der Waals surface area (Å²) in [6.45, 7) is 7.39. The van der Waals surface area contributed by atoms with Crippen LogP contribution in [0.4, 0.5) is 39.4 Å². The Bertz CT molecular complexity index is 1070. The Morgan fingerprint density at radius 3 is 2.38 bits per heavy atom. The summed E-state index contributed by atoms with van der Waals surface area (Å²) >= 11 is 0. The molecule has 0 spiro atoms. The van der Waals surface area contributed by atoms with E-state index in [1.807, 2.05) is 25.7 Å².